The lowest BCUT2D eigenvalue weighted by atomic mass is 10.0. The van der Waals surface area contributed by atoms with Crippen LogP contribution in [0.25, 0.3) is 0 Å². The molecular weight excluding hydrogens is 280 g/mol. The minimum Gasteiger partial charge on any atom is -0.373 e. The van der Waals surface area contributed by atoms with Crippen LogP contribution in [0.2, 0.25) is 0 Å². The quantitative estimate of drug-likeness (QED) is 0.808. The molecule has 0 N–H and O–H groups in total. The summed E-state index contributed by atoms with van der Waals surface area (Å²) in [5.74, 6) is -0.590. The van der Waals surface area contributed by atoms with Gasteiger partial charge in [-0.05, 0) is 38.7 Å². The van der Waals surface area contributed by atoms with Crippen molar-refractivity contribution in [2.24, 2.45) is 0 Å². The van der Waals surface area contributed by atoms with Crippen LogP contribution in [-0.2, 0) is 25.4 Å². The Kier molecular flexibility index (Phi) is 4.83. The summed E-state index contributed by atoms with van der Waals surface area (Å²) in [6, 6.07) is 10.5. The number of benzene rings is 1. The number of hydrogen-bond donors (Lipinski definition) is 0. The first kappa shape index (κ1) is 15.9. The van der Waals surface area contributed by atoms with Crippen LogP contribution in [0, 0.1) is 0 Å². The summed E-state index contributed by atoms with van der Waals surface area (Å²) in [5.41, 5.74) is 1.32. The van der Waals surface area contributed by atoms with Crippen LogP contribution in [0.5, 0.6) is 0 Å². The van der Waals surface area contributed by atoms with E-state index in [4.69, 9.17) is 18.9 Å². The Bertz CT molecular complexity index is 473. The number of hydrogen-bond acceptors (Lipinski definition) is 4. The highest BCUT2D eigenvalue weighted by molar-refractivity contribution is 5.15. The Morgan fingerprint density at radius 3 is 2.64 bits per heavy atom. The summed E-state index contributed by atoms with van der Waals surface area (Å²) in [6.07, 6.45) is 2.43. The minimum atomic E-state index is -0.590. The number of rotatable bonds is 6. The molecule has 0 unspecified atom stereocenters. The average Bonchev–Trinajstić information content (AvgIpc) is 2.96. The lowest BCUT2D eigenvalue weighted by molar-refractivity contribution is -0.218. The van der Waals surface area contributed by atoms with Crippen LogP contribution in [-0.4, -0.2) is 37.0 Å². The molecule has 0 bridgehead atoms. The number of aryl methyl sites for hydroxylation is 1. The van der Waals surface area contributed by atoms with Crippen molar-refractivity contribution in [2.75, 3.05) is 6.61 Å². The summed E-state index contributed by atoms with van der Waals surface area (Å²) in [7, 11) is 0. The van der Waals surface area contributed by atoms with E-state index in [9.17, 15) is 0 Å². The Hall–Kier alpha value is -0.940. The van der Waals surface area contributed by atoms with Gasteiger partial charge in [0.2, 0.25) is 0 Å². The average molecular weight is 306 g/mol. The van der Waals surface area contributed by atoms with Crippen molar-refractivity contribution >= 4 is 0 Å². The summed E-state index contributed by atoms with van der Waals surface area (Å²) in [5, 5.41) is 0. The second-order valence-electron chi connectivity index (χ2n) is 6.50. The maximum Gasteiger partial charge on any atom is 0.190 e. The van der Waals surface area contributed by atoms with E-state index in [0.29, 0.717) is 0 Å². The summed E-state index contributed by atoms with van der Waals surface area (Å²) in [4.78, 5) is 0. The smallest absolute Gasteiger partial charge is 0.190 e. The third-order valence-corrected chi connectivity index (χ3v) is 4.16. The van der Waals surface area contributed by atoms with Gasteiger partial charge in [-0.1, -0.05) is 37.3 Å². The van der Waals surface area contributed by atoms with Crippen LogP contribution in [0.4, 0.5) is 0 Å². The molecule has 4 atom stereocenters. The summed E-state index contributed by atoms with van der Waals surface area (Å²) in [6.45, 7) is 6.68. The van der Waals surface area contributed by atoms with Crippen molar-refractivity contribution in [1.82, 2.24) is 0 Å². The third kappa shape index (κ3) is 3.51. The normalized spacial score (nSPS) is 33.0. The first-order chi connectivity index (χ1) is 10.6. The molecule has 1 aromatic carbocycles. The second kappa shape index (κ2) is 6.67. The fraction of sp³-hybridized carbons (Fsp3) is 0.667. The maximum atomic E-state index is 6.08. The topological polar surface area (TPSA) is 36.9 Å². The van der Waals surface area contributed by atoms with Gasteiger partial charge in [0.1, 0.15) is 12.2 Å². The molecule has 2 fully saturated rings. The standard InChI is InChI=1S/C18H26O4/c1-4-12-19-15-14(11-10-13-8-6-5-7-9-13)20-17-16(15)21-18(2,3)22-17/h5-9,14-17H,4,10-12H2,1-3H3/t14-,15+,16-,17-/m1/s1. The van der Waals surface area contributed by atoms with Crippen LogP contribution < -0.4 is 0 Å². The van der Waals surface area contributed by atoms with Gasteiger partial charge in [0, 0.05) is 6.61 Å². The first-order valence-electron chi connectivity index (χ1n) is 8.26. The molecule has 0 aromatic heterocycles. The zero-order valence-electron chi connectivity index (χ0n) is 13.7. The fourth-order valence-electron chi connectivity index (χ4n) is 3.19. The molecule has 2 aliphatic heterocycles. The molecule has 3 rings (SSSR count). The lowest BCUT2D eigenvalue weighted by Gasteiger charge is -2.26. The van der Waals surface area contributed by atoms with Gasteiger partial charge >= 0.3 is 0 Å². The van der Waals surface area contributed by atoms with Gasteiger partial charge in [0.15, 0.2) is 12.1 Å². The third-order valence-electron chi connectivity index (χ3n) is 4.16. The summed E-state index contributed by atoms with van der Waals surface area (Å²) < 4.78 is 23.9. The highest BCUT2D eigenvalue weighted by atomic mass is 16.8. The van der Waals surface area contributed by atoms with Gasteiger partial charge < -0.3 is 18.9 Å². The van der Waals surface area contributed by atoms with Gasteiger partial charge in [0.05, 0.1) is 6.10 Å². The molecule has 2 saturated heterocycles. The van der Waals surface area contributed by atoms with Gasteiger partial charge in [-0.25, -0.2) is 0 Å². The van der Waals surface area contributed by atoms with E-state index in [-0.39, 0.29) is 24.6 Å². The molecule has 0 amide bonds. The predicted octanol–water partition coefficient (Wildman–Crippen LogP) is 3.29. The molecule has 4 nitrogen and oxygen atoms in total. The van der Waals surface area contributed by atoms with E-state index >= 15 is 0 Å². The molecule has 1 aromatic rings. The molecule has 0 aliphatic carbocycles. The lowest BCUT2D eigenvalue weighted by Crippen LogP contribution is -2.37. The molecule has 122 valence electrons. The van der Waals surface area contributed by atoms with E-state index in [1.54, 1.807) is 0 Å². The molecule has 4 heteroatoms. The Morgan fingerprint density at radius 1 is 1.14 bits per heavy atom. The Balaban J connectivity index is 1.63. The van der Waals surface area contributed by atoms with Crippen molar-refractivity contribution in [3.05, 3.63) is 35.9 Å². The van der Waals surface area contributed by atoms with Crippen molar-refractivity contribution in [2.45, 2.75) is 70.4 Å². The van der Waals surface area contributed by atoms with Gasteiger partial charge in [-0.15, -0.1) is 0 Å². The first-order valence-corrected chi connectivity index (χ1v) is 8.26. The largest absolute Gasteiger partial charge is 0.373 e. The molecule has 2 heterocycles. The van der Waals surface area contributed by atoms with Gasteiger partial charge in [-0.2, -0.15) is 0 Å². The van der Waals surface area contributed by atoms with Crippen LogP contribution >= 0.6 is 0 Å². The van der Waals surface area contributed by atoms with E-state index in [1.165, 1.54) is 5.56 Å². The Labute approximate surface area is 132 Å². The Morgan fingerprint density at radius 2 is 1.91 bits per heavy atom. The van der Waals surface area contributed by atoms with Gasteiger partial charge in [0.25, 0.3) is 0 Å². The molecular formula is C18H26O4. The number of fused-ring (bicyclic) bond motifs is 1. The van der Waals surface area contributed by atoms with Crippen LogP contribution in [0.1, 0.15) is 39.2 Å². The van der Waals surface area contributed by atoms with Crippen molar-refractivity contribution in [3.63, 3.8) is 0 Å². The van der Waals surface area contributed by atoms with Crippen molar-refractivity contribution in [1.29, 1.82) is 0 Å². The van der Waals surface area contributed by atoms with Crippen molar-refractivity contribution in [3.8, 4) is 0 Å². The fourth-order valence-corrected chi connectivity index (χ4v) is 3.19. The molecule has 2 aliphatic rings. The SMILES string of the molecule is CCCO[C@@H]1[C@H]2OC(C)(C)O[C@H]2O[C@@H]1CCc1ccccc1. The van der Waals surface area contributed by atoms with Crippen LogP contribution in [0.15, 0.2) is 30.3 Å². The maximum absolute atomic E-state index is 6.08. The highest BCUT2D eigenvalue weighted by Crippen LogP contribution is 2.39. The summed E-state index contributed by atoms with van der Waals surface area (Å²) >= 11 is 0. The van der Waals surface area contributed by atoms with E-state index < -0.39 is 5.79 Å². The van der Waals surface area contributed by atoms with Gasteiger partial charge in [-0.3, -0.25) is 0 Å². The van der Waals surface area contributed by atoms with E-state index in [2.05, 4.69) is 31.2 Å². The van der Waals surface area contributed by atoms with E-state index in [1.807, 2.05) is 19.9 Å². The molecule has 22 heavy (non-hydrogen) atoms. The number of ether oxygens (including phenoxy) is 4. The molecule has 0 saturated carbocycles. The highest BCUT2D eigenvalue weighted by Gasteiger charge is 2.54. The monoisotopic (exact) mass is 306 g/mol. The van der Waals surface area contributed by atoms with Crippen molar-refractivity contribution < 1.29 is 18.9 Å². The van der Waals surface area contributed by atoms with E-state index in [0.717, 1.165) is 25.9 Å². The second-order valence-corrected chi connectivity index (χ2v) is 6.50. The molecule has 0 radical (unpaired) electrons. The zero-order chi connectivity index (χ0) is 15.6. The van der Waals surface area contributed by atoms with Crippen LogP contribution in [0.3, 0.4) is 0 Å². The zero-order valence-corrected chi connectivity index (χ0v) is 13.7. The predicted molar refractivity (Wildman–Crippen MR) is 83.5 cm³/mol. The molecule has 0 spiro atoms. The minimum absolute atomic E-state index is 0.0258.